The van der Waals surface area contributed by atoms with E-state index < -0.39 is 29.2 Å². The maximum atomic E-state index is 12.3. The first-order valence-corrected chi connectivity index (χ1v) is 6.30. The molecule has 0 atom stereocenters. The summed E-state index contributed by atoms with van der Waals surface area (Å²) in [5.41, 5.74) is -1.41. The van der Waals surface area contributed by atoms with Crippen LogP contribution in [0, 0.1) is 0 Å². The van der Waals surface area contributed by atoms with Crippen LogP contribution in [0.2, 0.25) is 0 Å². The fourth-order valence-electron chi connectivity index (χ4n) is 2.15. The Morgan fingerprint density at radius 2 is 1.67 bits per heavy atom. The van der Waals surface area contributed by atoms with Crippen molar-refractivity contribution < 1.29 is 23.9 Å². The summed E-state index contributed by atoms with van der Waals surface area (Å²) in [6.07, 6.45) is 0.298. The zero-order valence-corrected chi connectivity index (χ0v) is 11.3. The maximum Gasteiger partial charge on any atom is 0.328 e. The normalized spacial score (nSPS) is 17.1. The molecule has 1 aliphatic heterocycles. The number of barbiturate groups is 1. The summed E-state index contributed by atoms with van der Waals surface area (Å²) in [5, 5.41) is 3.75. The number of Topliss-reactive ketones (excluding diaryl/α,β-unsaturated/α-hetero) is 1. The third kappa shape index (κ3) is 2.68. The summed E-state index contributed by atoms with van der Waals surface area (Å²) in [4.78, 5) is 47.1. The molecular formula is C14H14N2O5. The predicted molar refractivity (Wildman–Crippen MR) is 71.2 cm³/mol. The van der Waals surface area contributed by atoms with Gasteiger partial charge in [-0.2, -0.15) is 0 Å². The van der Waals surface area contributed by atoms with E-state index in [1.807, 2.05) is 41.0 Å². The van der Waals surface area contributed by atoms with Gasteiger partial charge in [-0.1, -0.05) is 30.3 Å². The highest BCUT2D eigenvalue weighted by Gasteiger charge is 2.56. The largest absolute Gasteiger partial charge is 0.353 e. The van der Waals surface area contributed by atoms with E-state index in [9.17, 15) is 19.2 Å². The first-order chi connectivity index (χ1) is 10.0. The summed E-state index contributed by atoms with van der Waals surface area (Å²) in [5.74, 6) is -2.81. The van der Waals surface area contributed by atoms with Gasteiger partial charge in [0.05, 0.1) is 0 Å². The lowest BCUT2D eigenvalue weighted by molar-refractivity contribution is -0.165. The molecule has 0 spiro atoms. The molecule has 7 nitrogen and oxygen atoms in total. The smallest absolute Gasteiger partial charge is 0.328 e. The predicted octanol–water partition coefficient (Wildman–Crippen LogP) is -0.0605. The van der Waals surface area contributed by atoms with Gasteiger partial charge < -0.3 is 4.74 Å². The number of hydrogen-bond acceptors (Lipinski definition) is 5. The Bertz CT molecular complexity index is 577. The van der Waals surface area contributed by atoms with Crippen LogP contribution in [-0.4, -0.2) is 36.3 Å². The van der Waals surface area contributed by atoms with Crippen molar-refractivity contribution in [1.29, 1.82) is 0 Å². The highest BCUT2D eigenvalue weighted by molar-refractivity contribution is 6.33. The van der Waals surface area contributed by atoms with Crippen molar-refractivity contribution in [3.63, 3.8) is 0 Å². The monoisotopic (exact) mass is 290 g/mol. The number of carbonyl (C=O) groups excluding carboxylic acids is 4. The molecule has 7 heteroatoms. The second-order valence-corrected chi connectivity index (χ2v) is 4.53. The van der Waals surface area contributed by atoms with Crippen molar-refractivity contribution in [3.8, 4) is 0 Å². The number of amides is 4. The molecule has 110 valence electrons. The van der Waals surface area contributed by atoms with Gasteiger partial charge in [0.1, 0.15) is 0 Å². The third-order valence-electron chi connectivity index (χ3n) is 3.28. The van der Waals surface area contributed by atoms with Crippen molar-refractivity contribution in [1.82, 2.24) is 10.6 Å². The van der Waals surface area contributed by atoms with Gasteiger partial charge in [-0.15, -0.1) is 0 Å². The van der Waals surface area contributed by atoms with E-state index in [-0.39, 0.29) is 6.42 Å². The molecule has 1 aliphatic rings. The third-order valence-corrected chi connectivity index (χ3v) is 3.28. The van der Waals surface area contributed by atoms with Crippen LogP contribution < -0.4 is 10.6 Å². The fraction of sp³-hybridized carbons (Fsp3) is 0.286. The Kier molecular flexibility index (Phi) is 4.13. The number of rotatable bonds is 5. The fourth-order valence-corrected chi connectivity index (χ4v) is 2.15. The first-order valence-electron chi connectivity index (χ1n) is 6.30. The molecule has 1 fully saturated rings. The van der Waals surface area contributed by atoms with Crippen LogP contribution in [0.25, 0.3) is 0 Å². The molecule has 4 amide bonds. The maximum absolute atomic E-state index is 12.3. The van der Waals surface area contributed by atoms with Crippen LogP contribution >= 0.6 is 0 Å². The van der Waals surface area contributed by atoms with E-state index in [1.165, 1.54) is 0 Å². The second-order valence-electron chi connectivity index (χ2n) is 4.53. The summed E-state index contributed by atoms with van der Waals surface area (Å²) < 4.78 is 4.88. The Balaban J connectivity index is 2.16. The summed E-state index contributed by atoms with van der Waals surface area (Å²) >= 11 is 0. The highest BCUT2D eigenvalue weighted by atomic mass is 16.5. The van der Waals surface area contributed by atoms with E-state index in [2.05, 4.69) is 0 Å². The number of urea groups is 1. The number of nitrogens with one attached hydrogen (secondary N) is 2. The van der Waals surface area contributed by atoms with Crippen LogP contribution in [0.5, 0.6) is 0 Å². The number of carbonyl (C=O) groups is 4. The Morgan fingerprint density at radius 1 is 1.10 bits per heavy atom. The van der Waals surface area contributed by atoms with Gasteiger partial charge in [-0.3, -0.25) is 25.0 Å². The Labute approximate surface area is 120 Å². The average molecular weight is 290 g/mol. The standard InChI is InChI=1S/C14H14N2O5/c1-21-14(11(18)15-13(20)16-12(14)19)10(17)8-7-9-5-3-2-4-6-9/h2-6H,7-8H2,1H3,(H2,15,16,18,19,20). The molecule has 21 heavy (non-hydrogen) atoms. The average Bonchev–Trinajstić information content (AvgIpc) is 2.46. The molecule has 0 unspecified atom stereocenters. The molecule has 2 N–H and O–H groups in total. The number of hydrogen-bond donors (Lipinski definition) is 2. The molecule has 0 aromatic heterocycles. The minimum absolute atomic E-state index is 0.0626. The lowest BCUT2D eigenvalue weighted by atomic mass is 9.90. The molecule has 1 saturated heterocycles. The Morgan fingerprint density at radius 3 is 2.19 bits per heavy atom. The molecule has 0 bridgehead atoms. The van der Waals surface area contributed by atoms with Crippen molar-refractivity contribution in [2.24, 2.45) is 0 Å². The van der Waals surface area contributed by atoms with E-state index in [0.29, 0.717) is 6.42 Å². The quantitative estimate of drug-likeness (QED) is 0.740. The SMILES string of the molecule is COC1(C(=O)CCc2ccccc2)C(=O)NC(=O)NC1=O. The number of methoxy groups -OCH3 is 1. The minimum atomic E-state index is -2.30. The van der Waals surface area contributed by atoms with E-state index in [1.54, 1.807) is 0 Å². The van der Waals surface area contributed by atoms with Crippen molar-refractivity contribution in [2.75, 3.05) is 7.11 Å². The molecule has 0 saturated carbocycles. The number of ketones is 1. The number of aryl methyl sites for hydroxylation is 1. The van der Waals surface area contributed by atoms with Crippen LogP contribution in [0.15, 0.2) is 30.3 Å². The summed E-state index contributed by atoms with van der Waals surface area (Å²) in [6.45, 7) is 0. The topological polar surface area (TPSA) is 102 Å². The lowest BCUT2D eigenvalue weighted by Gasteiger charge is -2.30. The number of benzene rings is 1. The molecule has 0 radical (unpaired) electrons. The highest BCUT2D eigenvalue weighted by Crippen LogP contribution is 2.19. The first kappa shape index (κ1) is 14.9. The van der Waals surface area contributed by atoms with Crippen molar-refractivity contribution in [3.05, 3.63) is 35.9 Å². The van der Waals surface area contributed by atoms with Crippen molar-refractivity contribution in [2.45, 2.75) is 18.4 Å². The molecular weight excluding hydrogens is 276 g/mol. The summed E-state index contributed by atoms with van der Waals surface area (Å²) in [6, 6.07) is 8.19. The van der Waals surface area contributed by atoms with Gasteiger partial charge in [0.25, 0.3) is 17.4 Å². The lowest BCUT2D eigenvalue weighted by Crippen LogP contribution is -2.70. The van der Waals surface area contributed by atoms with Gasteiger partial charge in [0, 0.05) is 13.5 Å². The molecule has 1 aromatic rings. The van der Waals surface area contributed by atoms with Gasteiger partial charge >= 0.3 is 6.03 Å². The molecule has 0 aliphatic carbocycles. The van der Waals surface area contributed by atoms with Crippen LogP contribution in [0.4, 0.5) is 4.79 Å². The minimum Gasteiger partial charge on any atom is -0.353 e. The van der Waals surface area contributed by atoms with Gasteiger partial charge in [0.2, 0.25) is 0 Å². The Hall–Kier alpha value is -2.54. The van der Waals surface area contributed by atoms with Gasteiger partial charge in [-0.05, 0) is 12.0 Å². The van der Waals surface area contributed by atoms with Crippen LogP contribution in [0.3, 0.4) is 0 Å². The zero-order chi connectivity index (χ0) is 15.5. The second kappa shape index (κ2) is 5.84. The number of ether oxygens (including phenoxy) is 1. The van der Waals surface area contributed by atoms with E-state index >= 15 is 0 Å². The molecule has 1 aromatic carbocycles. The van der Waals surface area contributed by atoms with Crippen molar-refractivity contribution >= 4 is 23.6 Å². The van der Waals surface area contributed by atoms with Gasteiger partial charge in [-0.25, -0.2) is 4.79 Å². The van der Waals surface area contributed by atoms with Gasteiger partial charge in [0.15, 0.2) is 5.78 Å². The zero-order valence-electron chi connectivity index (χ0n) is 11.3. The molecule has 2 rings (SSSR count). The number of imide groups is 2. The van der Waals surface area contributed by atoms with E-state index in [0.717, 1.165) is 12.7 Å². The van der Waals surface area contributed by atoms with E-state index in [4.69, 9.17) is 4.74 Å². The molecule has 1 heterocycles. The van der Waals surface area contributed by atoms with Crippen LogP contribution in [0.1, 0.15) is 12.0 Å². The summed E-state index contributed by atoms with van der Waals surface area (Å²) in [7, 11) is 1.08. The van der Waals surface area contributed by atoms with Crippen LogP contribution in [-0.2, 0) is 25.5 Å².